The average Bonchev–Trinajstić information content (AvgIpc) is 2.79. The van der Waals surface area contributed by atoms with Gasteiger partial charge in [0.05, 0.1) is 0 Å². The number of aryl methyl sites for hydroxylation is 1. The molecule has 0 aliphatic heterocycles. The molecule has 0 aliphatic rings. The van der Waals surface area contributed by atoms with Crippen LogP contribution in [0.25, 0.3) is 0 Å². The largest absolute Gasteiger partial charge is 0.416 e. The molecule has 0 fully saturated rings. The molecule has 7 heteroatoms. The molecular formula is C12H17N5OS. The molecule has 2 aromatic rings. The Hall–Kier alpha value is -1.63. The molecule has 0 spiro atoms. The molecular weight excluding hydrogens is 262 g/mol. The molecule has 0 unspecified atom stereocenters. The van der Waals surface area contributed by atoms with E-state index < -0.39 is 0 Å². The number of nitrogens with one attached hydrogen (secondary N) is 1. The number of aromatic nitrogens is 4. The maximum absolute atomic E-state index is 5.38. The SMILES string of the molecule is CCCc1c(NCC)ncnc1Sc1nnc(C)o1. The molecule has 0 radical (unpaired) electrons. The second-order valence-electron chi connectivity index (χ2n) is 3.98. The summed E-state index contributed by atoms with van der Waals surface area (Å²) in [6.07, 6.45) is 3.50. The summed E-state index contributed by atoms with van der Waals surface area (Å²) < 4.78 is 5.38. The van der Waals surface area contributed by atoms with Crippen LogP contribution in [-0.4, -0.2) is 26.7 Å². The van der Waals surface area contributed by atoms with Gasteiger partial charge in [-0.3, -0.25) is 0 Å². The zero-order chi connectivity index (χ0) is 13.7. The molecule has 2 rings (SSSR count). The van der Waals surface area contributed by atoms with Gasteiger partial charge in [-0.1, -0.05) is 13.3 Å². The van der Waals surface area contributed by atoms with E-state index >= 15 is 0 Å². The highest BCUT2D eigenvalue weighted by molar-refractivity contribution is 7.99. The molecule has 1 N–H and O–H groups in total. The van der Waals surface area contributed by atoms with E-state index in [1.54, 1.807) is 13.3 Å². The lowest BCUT2D eigenvalue weighted by molar-refractivity contribution is 0.429. The minimum atomic E-state index is 0.510. The van der Waals surface area contributed by atoms with E-state index in [0.717, 1.165) is 35.8 Å². The summed E-state index contributed by atoms with van der Waals surface area (Å²) in [7, 11) is 0. The molecule has 2 heterocycles. The summed E-state index contributed by atoms with van der Waals surface area (Å²) >= 11 is 1.38. The third-order valence-electron chi connectivity index (χ3n) is 2.44. The van der Waals surface area contributed by atoms with Gasteiger partial charge in [-0.05, 0) is 25.1 Å². The van der Waals surface area contributed by atoms with Gasteiger partial charge < -0.3 is 9.73 Å². The van der Waals surface area contributed by atoms with Gasteiger partial charge in [-0.15, -0.1) is 10.2 Å². The van der Waals surface area contributed by atoms with Crippen molar-refractivity contribution in [1.29, 1.82) is 0 Å². The summed E-state index contributed by atoms with van der Waals surface area (Å²) in [4.78, 5) is 8.62. The highest BCUT2D eigenvalue weighted by Crippen LogP contribution is 2.31. The van der Waals surface area contributed by atoms with Crippen molar-refractivity contribution in [2.75, 3.05) is 11.9 Å². The quantitative estimate of drug-likeness (QED) is 0.814. The average molecular weight is 279 g/mol. The normalized spacial score (nSPS) is 10.7. The lowest BCUT2D eigenvalue weighted by atomic mass is 10.2. The molecule has 0 saturated heterocycles. The Balaban J connectivity index is 2.29. The van der Waals surface area contributed by atoms with Crippen LogP contribution in [0.5, 0.6) is 0 Å². The van der Waals surface area contributed by atoms with Gasteiger partial charge in [0.1, 0.15) is 17.2 Å². The number of nitrogens with zero attached hydrogens (tertiary/aromatic N) is 4. The fourth-order valence-electron chi connectivity index (χ4n) is 1.68. The highest BCUT2D eigenvalue weighted by Gasteiger charge is 2.14. The Morgan fingerprint density at radius 1 is 1.26 bits per heavy atom. The van der Waals surface area contributed by atoms with Gasteiger partial charge in [0.25, 0.3) is 5.22 Å². The van der Waals surface area contributed by atoms with Crippen LogP contribution in [0.3, 0.4) is 0 Å². The standard InChI is InChI=1S/C12H17N5OS/c1-4-6-9-10(13-5-2)14-7-15-11(9)19-12-17-16-8(3)18-12/h7H,4-6H2,1-3H3,(H,13,14,15). The van der Waals surface area contributed by atoms with Crippen molar-refractivity contribution < 1.29 is 4.42 Å². The Morgan fingerprint density at radius 3 is 2.74 bits per heavy atom. The maximum Gasteiger partial charge on any atom is 0.282 e. The summed E-state index contributed by atoms with van der Waals surface area (Å²) in [5, 5.41) is 12.4. The van der Waals surface area contributed by atoms with Gasteiger partial charge in [-0.2, -0.15) is 0 Å². The molecule has 0 aliphatic carbocycles. The smallest absolute Gasteiger partial charge is 0.282 e. The van der Waals surface area contributed by atoms with Gasteiger partial charge in [0.15, 0.2) is 0 Å². The van der Waals surface area contributed by atoms with Crippen LogP contribution in [0.1, 0.15) is 31.7 Å². The van der Waals surface area contributed by atoms with Crippen molar-refractivity contribution in [3.8, 4) is 0 Å². The van der Waals surface area contributed by atoms with Crippen LogP contribution in [0.4, 0.5) is 5.82 Å². The van der Waals surface area contributed by atoms with Crippen LogP contribution in [-0.2, 0) is 6.42 Å². The minimum absolute atomic E-state index is 0.510. The molecule has 2 aromatic heterocycles. The van der Waals surface area contributed by atoms with Crippen LogP contribution in [0.2, 0.25) is 0 Å². The first-order valence-corrected chi connectivity index (χ1v) is 7.12. The van der Waals surface area contributed by atoms with Crippen LogP contribution in [0.15, 0.2) is 21.0 Å². The molecule has 6 nitrogen and oxygen atoms in total. The predicted octanol–water partition coefficient (Wildman–Crippen LogP) is 2.70. The van der Waals surface area contributed by atoms with E-state index in [4.69, 9.17) is 4.42 Å². The topological polar surface area (TPSA) is 76.7 Å². The summed E-state index contributed by atoms with van der Waals surface area (Å²) in [5.41, 5.74) is 1.10. The fourth-order valence-corrected chi connectivity index (χ4v) is 2.51. The van der Waals surface area contributed by atoms with E-state index in [2.05, 4.69) is 32.4 Å². The third-order valence-corrected chi connectivity index (χ3v) is 3.33. The first-order valence-electron chi connectivity index (χ1n) is 6.30. The second-order valence-corrected chi connectivity index (χ2v) is 4.92. The third kappa shape index (κ3) is 3.44. The number of anilines is 1. The van der Waals surface area contributed by atoms with E-state index in [0.29, 0.717) is 11.1 Å². The Kier molecular flexibility index (Phi) is 4.73. The molecule has 0 saturated carbocycles. The van der Waals surface area contributed by atoms with Crippen LogP contribution >= 0.6 is 11.8 Å². The van der Waals surface area contributed by atoms with Gasteiger partial charge in [-0.25, -0.2) is 9.97 Å². The van der Waals surface area contributed by atoms with Crippen molar-refractivity contribution in [2.24, 2.45) is 0 Å². The minimum Gasteiger partial charge on any atom is -0.416 e. The van der Waals surface area contributed by atoms with E-state index in [1.807, 2.05) is 6.92 Å². The Morgan fingerprint density at radius 2 is 2.11 bits per heavy atom. The molecule has 0 amide bonds. The zero-order valence-corrected chi connectivity index (χ0v) is 12.1. The summed E-state index contributed by atoms with van der Waals surface area (Å²) in [6.45, 7) is 6.78. The number of hydrogen-bond acceptors (Lipinski definition) is 7. The van der Waals surface area contributed by atoms with Crippen molar-refractivity contribution in [3.63, 3.8) is 0 Å². The molecule has 0 aromatic carbocycles. The maximum atomic E-state index is 5.38. The molecule has 102 valence electrons. The second kappa shape index (κ2) is 6.51. The van der Waals surface area contributed by atoms with Gasteiger partial charge in [0, 0.05) is 19.0 Å². The highest BCUT2D eigenvalue weighted by atomic mass is 32.2. The van der Waals surface area contributed by atoms with E-state index in [1.165, 1.54) is 11.8 Å². The predicted molar refractivity (Wildman–Crippen MR) is 73.3 cm³/mol. The van der Waals surface area contributed by atoms with Crippen molar-refractivity contribution >= 4 is 17.6 Å². The van der Waals surface area contributed by atoms with Crippen molar-refractivity contribution in [3.05, 3.63) is 17.8 Å². The number of rotatable bonds is 6. The van der Waals surface area contributed by atoms with Gasteiger partial charge in [0.2, 0.25) is 5.89 Å². The Labute approximate surface area is 116 Å². The van der Waals surface area contributed by atoms with E-state index in [9.17, 15) is 0 Å². The lowest BCUT2D eigenvalue weighted by Gasteiger charge is -2.11. The van der Waals surface area contributed by atoms with Crippen LogP contribution < -0.4 is 5.32 Å². The number of hydrogen-bond donors (Lipinski definition) is 1. The van der Waals surface area contributed by atoms with Crippen LogP contribution in [0, 0.1) is 6.92 Å². The first kappa shape index (κ1) is 13.8. The fraction of sp³-hybridized carbons (Fsp3) is 0.500. The van der Waals surface area contributed by atoms with Crippen molar-refractivity contribution in [2.45, 2.75) is 43.9 Å². The van der Waals surface area contributed by atoms with Crippen molar-refractivity contribution in [1.82, 2.24) is 20.2 Å². The molecule has 19 heavy (non-hydrogen) atoms. The summed E-state index contributed by atoms with van der Waals surface area (Å²) in [5.74, 6) is 1.44. The first-order chi connectivity index (χ1) is 9.24. The van der Waals surface area contributed by atoms with Gasteiger partial charge >= 0.3 is 0 Å². The monoisotopic (exact) mass is 279 g/mol. The molecule has 0 atom stereocenters. The van der Waals surface area contributed by atoms with E-state index in [-0.39, 0.29) is 0 Å². The lowest BCUT2D eigenvalue weighted by Crippen LogP contribution is -2.06. The summed E-state index contributed by atoms with van der Waals surface area (Å²) in [6, 6.07) is 0. The molecule has 0 bridgehead atoms. The zero-order valence-electron chi connectivity index (χ0n) is 11.3. The Bertz CT molecular complexity index is 543.